The highest BCUT2D eigenvalue weighted by Crippen LogP contribution is 2.22. The van der Waals surface area contributed by atoms with Crippen LogP contribution in [0.5, 0.6) is 0 Å². The van der Waals surface area contributed by atoms with Crippen LogP contribution in [0.2, 0.25) is 0 Å². The average Bonchev–Trinajstić information content (AvgIpc) is 2.81. The summed E-state index contributed by atoms with van der Waals surface area (Å²) in [5.41, 5.74) is 8.24. The molecule has 3 N–H and O–H groups in total. The van der Waals surface area contributed by atoms with Crippen LogP contribution >= 0.6 is 11.3 Å². The van der Waals surface area contributed by atoms with Crippen molar-refractivity contribution in [1.82, 2.24) is 15.2 Å². The highest BCUT2D eigenvalue weighted by molar-refractivity contribution is 7.07. The first-order valence-electron chi connectivity index (χ1n) is 5.34. The van der Waals surface area contributed by atoms with E-state index in [-0.39, 0.29) is 18.0 Å². The molecule has 1 amide bonds. The van der Waals surface area contributed by atoms with Crippen LogP contribution in [0.25, 0.3) is 0 Å². The molecule has 16 heavy (non-hydrogen) atoms. The van der Waals surface area contributed by atoms with Gasteiger partial charge in [0.05, 0.1) is 17.2 Å². The van der Waals surface area contributed by atoms with Crippen molar-refractivity contribution in [2.75, 3.05) is 19.6 Å². The molecule has 1 aliphatic rings. The predicted molar refractivity (Wildman–Crippen MR) is 63.1 cm³/mol. The van der Waals surface area contributed by atoms with Crippen LogP contribution in [0.4, 0.5) is 0 Å². The number of nitrogens with one attached hydrogen (secondary N) is 1. The molecular weight excluding hydrogens is 224 g/mol. The second kappa shape index (κ2) is 4.90. The van der Waals surface area contributed by atoms with Gasteiger partial charge in [0.1, 0.15) is 6.04 Å². The fourth-order valence-corrected chi connectivity index (χ4v) is 2.69. The third-order valence-corrected chi connectivity index (χ3v) is 3.59. The normalized spacial score (nSPS) is 24.2. The summed E-state index contributed by atoms with van der Waals surface area (Å²) in [4.78, 5) is 17.8. The van der Waals surface area contributed by atoms with Gasteiger partial charge in [-0.25, -0.2) is 4.98 Å². The van der Waals surface area contributed by atoms with Gasteiger partial charge in [0, 0.05) is 25.0 Å². The molecule has 2 atom stereocenters. The second-order valence-electron chi connectivity index (χ2n) is 3.95. The number of hydrogen-bond donors (Lipinski definition) is 2. The van der Waals surface area contributed by atoms with E-state index in [1.54, 1.807) is 11.3 Å². The Kier molecular flexibility index (Phi) is 3.52. The van der Waals surface area contributed by atoms with Gasteiger partial charge in [-0.2, -0.15) is 0 Å². The number of amides is 1. The maximum atomic E-state index is 11.4. The van der Waals surface area contributed by atoms with E-state index < -0.39 is 0 Å². The van der Waals surface area contributed by atoms with E-state index in [0.717, 1.165) is 18.8 Å². The first-order valence-corrected chi connectivity index (χ1v) is 6.28. The fraction of sp³-hybridized carbons (Fsp3) is 0.600. The summed E-state index contributed by atoms with van der Waals surface area (Å²) in [7, 11) is 0. The number of piperazine rings is 1. The minimum absolute atomic E-state index is 0.144. The Balaban J connectivity index is 2.14. The summed E-state index contributed by atoms with van der Waals surface area (Å²) in [6, 6.07) is -0.0868. The second-order valence-corrected chi connectivity index (χ2v) is 4.67. The van der Waals surface area contributed by atoms with Crippen LogP contribution in [-0.4, -0.2) is 41.5 Å². The third kappa shape index (κ3) is 2.23. The van der Waals surface area contributed by atoms with Crippen molar-refractivity contribution in [3.05, 3.63) is 16.6 Å². The van der Waals surface area contributed by atoms with E-state index in [4.69, 9.17) is 5.73 Å². The molecule has 6 heteroatoms. The molecule has 0 aliphatic carbocycles. The molecule has 0 radical (unpaired) electrons. The zero-order valence-corrected chi connectivity index (χ0v) is 10.0. The van der Waals surface area contributed by atoms with E-state index in [1.807, 2.05) is 10.9 Å². The average molecular weight is 240 g/mol. The molecule has 5 nitrogen and oxygen atoms in total. The van der Waals surface area contributed by atoms with Crippen LogP contribution < -0.4 is 11.1 Å². The molecular formula is C10H16N4OS. The molecule has 0 spiro atoms. The number of nitrogens with zero attached hydrogens (tertiary/aromatic N) is 2. The van der Waals surface area contributed by atoms with Crippen molar-refractivity contribution in [3.63, 3.8) is 0 Å². The molecule has 1 aromatic rings. The Morgan fingerprint density at radius 1 is 1.81 bits per heavy atom. The monoisotopic (exact) mass is 240 g/mol. The summed E-state index contributed by atoms with van der Waals surface area (Å²) in [5, 5.41) is 5.20. The number of carbonyl (C=O) groups excluding carboxylic acids is 1. The number of nitrogens with two attached hydrogens (primary N) is 1. The topological polar surface area (TPSA) is 71.2 Å². The number of rotatable bonds is 3. The molecule has 1 aromatic heterocycles. The van der Waals surface area contributed by atoms with Crippen molar-refractivity contribution in [1.29, 1.82) is 0 Å². The van der Waals surface area contributed by atoms with Crippen LogP contribution in [0.1, 0.15) is 18.7 Å². The molecule has 2 rings (SSSR count). The van der Waals surface area contributed by atoms with Gasteiger partial charge in [0.25, 0.3) is 0 Å². The first kappa shape index (κ1) is 11.5. The molecule has 0 bridgehead atoms. The summed E-state index contributed by atoms with van der Waals surface area (Å²) >= 11 is 1.57. The van der Waals surface area contributed by atoms with Gasteiger partial charge in [-0.15, -0.1) is 11.3 Å². The minimum Gasteiger partial charge on any atom is -0.368 e. The Bertz CT molecular complexity index is 354. The van der Waals surface area contributed by atoms with Crippen molar-refractivity contribution in [2.45, 2.75) is 19.0 Å². The SMILES string of the molecule is CC(c1cscn1)N1CCNCC1C(N)=O. The van der Waals surface area contributed by atoms with Crippen molar-refractivity contribution in [2.24, 2.45) is 5.73 Å². The van der Waals surface area contributed by atoms with Crippen LogP contribution in [0.15, 0.2) is 10.9 Å². The van der Waals surface area contributed by atoms with Gasteiger partial charge in [-0.1, -0.05) is 0 Å². The lowest BCUT2D eigenvalue weighted by Gasteiger charge is -2.37. The van der Waals surface area contributed by atoms with Gasteiger partial charge < -0.3 is 11.1 Å². The Hall–Kier alpha value is -0.980. The van der Waals surface area contributed by atoms with Crippen molar-refractivity contribution < 1.29 is 4.79 Å². The number of aromatic nitrogens is 1. The maximum absolute atomic E-state index is 11.4. The molecule has 1 aliphatic heterocycles. The zero-order chi connectivity index (χ0) is 11.5. The van der Waals surface area contributed by atoms with E-state index in [1.165, 1.54) is 0 Å². The predicted octanol–water partition coefficient (Wildman–Crippen LogP) is -0.0368. The summed E-state index contributed by atoms with van der Waals surface area (Å²) in [6.07, 6.45) is 0. The van der Waals surface area contributed by atoms with Crippen LogP contribution in [0, 0.1) is 0 Å². The van der Waals surface area contributed by atoms with E-state index in [2.05, 4.69) is 22.1 Å². The maximum Gasteiger partial charge on any atom is 0.236 e. The third-order valence-electron chi connectivity index (χ3n) is 2.99. The molecule has 2 heterocycles. The highest BCUT2D eigenvalue weighted by atomic mass is 32.1. The molecule has 0 saturated carbocycles. The summed E-state index contributed by atoms with van der Waals surface area (Å²) in [6.45, 7) is 4.41. The summed E-state index contributed by atoms with van der Waals surface area (Å²) in [5.74, 6) is -0.269. The molecule has 88 valence electrons. The Labute approximate surface area is 98.7 Å². The van der Waals surface area contributed by atoms with E-state index in [9.17, 15) is 4.79 Å². The number of thiazole rings is 1. The minimum atomic E-state index is -0.269. The molecule has 2 unspecified atom stereocenters. The number of carbonyl (C=O) groups is 1. The molecule has 1 fully saturated rings. The number of primary amides is 1. The Morgan fingerprint density at radius 3 is 3.25 bits per heavy atom. The molecule has 0 aromatic carbocycles. The quantitative estimate of drug-likeness (QED) is 0.778. The lowest BCUT2D eigenvalue weighted by Crippen LogP contribution is -2.57. The highest BCUT2D eigenvalue weighted by Gasteiger charge is 2.31. The standard InChI is InChI=1S/C10H16N4OS/c1-7(8-5-16-6-13-8)14-3-2-12-4-9(14)10(11)15/h5-7,9,12H,2-4H2,1H3,(H2,11,15). The Morgan fingerprint density at radius 2 is 2.62 bits per heavy atom. The fourth-order valence-electron chi connectivity index (χ4n) is 2.05. The summed E-state index contributed by atoms with van der Waals surface area (Å²) < 4.78 is 0. The van der Waals surface area contributed by atoms with Crippen molar-refractivity contribution >= 4 is 17.2 Å². The lowest BCUT2D eigenvalue weighted by atomic mass is 10.1. The van der Waals surface area contributed by atoms with E-state index >= 15 is 0 Å². The smallest absolute Gasteiger partial charge is 0.236 e. The zero-order valence-electron chi connectivity index (χ0n) is 9.22. The van der Waals surface area contributed by atoms with Crippen LogP contribution in [-0.2, 0) is 4.79 Å². The van der Waals surface area contributed by atoms with Gasteiger partial charge in [0.15, 0.2) is 0 Å². The molecule has 1 saturated heterocycles. The van der Waals surface area contributed by atoms with Gasteiger partial charge in [-0.3, -0.25) is 9.69 Å². The van der Waals surface area contributed by atoms with Gasteiger partial charge in [0.2, 0.25) is 5.91 Å². The van der Waals surface area contributed by atoms with Gasteiger partial charge >= 0.3 is 0 Å². The van der Waals surface area contributed by atoms with Crippen LogP contribution in [0.3, 0.4) is 0 Å². The first-order chi connectivity index (χ1) is 7.70. The largest absolute Gasteiger partial charge is 0.368 e. The van der Waals surface area contributed by atoms with E-state index in [0.29, 0.717) is 6.54 Å². The lowest BCUT2D eigenvalue weighted by molar-refractivity contribution is -0.124. The van der Waals surface area contributed by atoms with Gasteiger partial charge in [-0.05, 0) is 6.92 Å². The number of hydrogen-bond acceptors (Lipinski definition) is 5. The van der Waals surface area contributed by atoms with Crippen molar-refractivity contribution in [3.8, 4) is 0 Å².